The van der Waals surface area contributed by atoms with Crippen molar-refractivity contribution in [3.05, 3.63) is 35.9 Å². The quantitative estimate of drug-likeness (QED) is 0.686. The zero-order valence-electron chi connectivity index (χ0n) is 14.5. The molecule has 1 aromatic carbocycles. The molecule has 0 aromatic heterocycles. The first-order valence-electron chi connectivity index (χ1n) is 8.29. The Balaban J connectivity index is 1.77. The molecule has 1 heterocycles. The van der Waals surface area contributed by atoms with Crippen LogP contribution in [0.3, 0.4) is 0 Å². The van der Waals surface area contributed by atoms with Gasteiger partial charge in [-0.15, -0.1) is 0 Å². The van der Waals surface area contributed by atoms with E-state index in [1.807, 2.05) is 12.1 Å². The van der Waals surface area contributed by atoms with E-state index in [4.69, 9.17) is 15.2 Å². The van der Waals surface area contributed by atoms with E-state index in [1.165, 1.54) is 0 Å². The lowest BCUT2D eigenvalue weighted by atomic mass is 10.2. The van der Waals surface area contributed by atoms with Crippen LogP contribution in [0.15, 0.2) is 30.3 Å². The molecular formula is C18H25N3O4. The van der Waals surface area contributed by atoms with Gasteiger partial charge in [0.05, 0.1) is 13.2 Å². The van der Waals surface area contributed by atoms with Gasteiger partial charge < -0.3 is 20.1 Å². The number of morpholine rings is 1. The molecule has 0 bridgehead atoms. The number of nitrogens with two attached hydrogens (primary N) is 1. The smallest absolute Gasteiger partial charge is 0.255 e. The van der Waals surface area contributed by atoms with Gasteiger partial charge in [0.2, 0.25) is 5.91 Å². The molecule has 2 N–H and O–H groups in total. The zero-order chi connectivity index (χ0) is 18.1. The van der Waals surface area contributed by atoms with Gasteiger partial charge in [-0.25, -0.2) is 0 Å². The Hall–Kier alpha value is -2.38. The van der Waals surface area contributed by atoms with Crippen LogP contribution >= 0.6 is 0 Å². The summed E-state index contributed by atoms with van der Waals surface area (Å²) in [5.74, 6) is 0.00176. The highest BCUT2D eigenvalue weighted by molar-refractivity contribution is 5.91. The number of hydrogen-bond acceptors (Lipinski definition) is 5. The maximum absolute atomic E-state index is 12.2. The number of nitrogens with zero attached hydrogens (tertiary/aromatic N) is 2. The second kappa shape index (κ2) is 9.80. The van der Waals surface area contributed by atoms with Crippen LogP contribution < -0.4 is 10.5 Å². The molecule has 1 aliphatic heterocycles. The number of benzene rings is 1. The summed E-state index contributed by atoms with van der Waals surface area (Å²) in [5, 5.41) is 0. The SMILES string of the molecule is CN(CCN1CCOCC1)C(=O)C=Cc1ccc(OCC(N)=O)cc1. The van der Waals surface area contributed by atoms with Crippen molar-refractivity contribution in [2.75, 3.05) is 53.0 Å². The van der Waals surface area contributed by atoms with Crippen LogP contribution in [0.1, 0.15) is 5.56 Å². The van der Waals surface area contributed by atoms with Crippen molar-refractivity contribution in [2.45, 2.75) is 0 Å². The van der Waals surface area contributed by atoms with Crippen molar-refractivity contribution in [1.29, 1.82) is 0 Å². The van der Waals surface area contributed by atoms with E-state index in [0.717, 1.165) is 38.4 Å². The number of carbonyl (C=O) groups is 2. The second-order valence-corrected chi connectivity index (χ2v) is 5.87. The number of amides is 2. The maximum atomic E-state index is 12.2. The third-order valence-corrected chi connectivity index (χ3v) is 3.91. The summed E-state index contributed by atoms with van der Waals surface area (Å²) < 4.78 is 10.5. The van der Waals surface area contributed by atoms with E-state index in [9.17, 15) is 9.59 Å². The molecule has 0 unspecified atom stereocenters. The van der Waals surface area contributed by atoms with Crippen LogP contribution in [0, 0.1) is 0 Å². The second-order valence-electron chi connectivity index (χ2n) is 5.87. The van der Waals surface area contributed by atoms with Gasteiger partial charge in [0.15, 0.2) is 6.61 Å². The molecule has 2 rings (SSSR count). The zero-order valence-corrected chi connectivity index (χ0v) is 14.5. The first-order valence-corrected chi connectivity index (χ1v) is 8.29. The summed E-state index contributed by atoms with van der Waals surface area (Å²) in [6.07, 6.45) is 3.31. The van der Waals surface area contributed by atoms with Gasteiger partial charge in [0.1, 0.15) is 5.75 Å². The molecule has 1 aromatic rings. The Kier molecular flexibility index (Phi) is 7.43. The maximum Gasteiger partial charge on any atom is 0.255 e. The molecule has 7 nitrogen and oxygen atoms in total. The summed E-state index contributed by atoms with van der Waals surface area (Å²) in [5.41, 5.74) is 5.90. The minimum absolute atomic E-state index is 0.0395. The molecule has 7 heteroatoms. The van der Waals surface area contributed by atoms with Gasteiger partial charge in [-0.2, -0.15) is 0 Å². The fourth-order valence-electron chi connectivity index (χ4n) is 2.35. The van der Waals surface area contributed by atoms with Crippen LogP contribution in [0.25, 0.3) is 6.08 Å². The summed E-state index contributed by atoms with van der Waals surface area (Å²) in [6, 6.07) is 7.09. The van der Waals surface area contributed by atoms with E-state index < -0.39 is 5.91 Å². The van der Waals surface area contributed by atoms with Crippen LogP contribution in [-0.2, 0) is 14.3 Å². The topological polar surface area (TPSA) is 85.1 Å². The number of primary amides is 1. The number of ether oxygens (including phenoxy) is 2. The molecule has 2 amide bonds. The summed E-state index contributed by atoms with van der Waals surface area (Å²) >= 11 is 0. The number of likely N-dealkylation sites (N-methyl/N-ethyl adjacent to an activating group) is 1. The lowest BCUT2D eigenvalue weighted by Crippen LogP contribution is -2.41. The van der Waals surface area contributed by atoms with Gasteiger partial charge in [-0.1, -0.05) is 12.1 Å². The van der Waals surface area contributed by atoms with Crippen molar-refractivity contribution in [1.82, 2.24) is 9.80 Å². The van der Waals surface area contributed by atoms with Gasteiger partial charge in [-0.3, -0.25) is 14.5 Å². The molecule has 1 fully saturated rings. The monoisotopic (exact) mass is 347 g/mol. The highest BCUT2D eigenvalue weighted by Crippen LogP contribution is 2.13. The summed E-state index contributed by atoms with van der Waals surface area (Å²) in [6.45, 7) is 4.74. The summed E-state index contributed by atoms with van der Waals surface area (Å²) in [7, 11) is 1.80. The summed E-state index contributed by atoms with van der Waals surface area (Å²) in [4.78, 5) is 26.8. The molecule has 1 saturated heterocycles. The minimum Gasteiger partial charge on any atom is -0.484 e. The highest BCUT2D eigenvalue weighted by atomic mass is 16.5. The van der Waals surface area contributed by atoms with Crippen molar-refractivity contribution < 1.29 is 19.1 Å². The van der Waals surface area contributed by atoms with E-state index in [2.05, 4.69) is 4.90 Å². The number of hydrogen-bond donors (Lipinski definition) is 1. The van der Waals surface area contributed by atoms with Crippen molar-refractivity contribution in [3.8, 4) is 5.75 Å². The third kappa shape index (κ3) is 6.94. The van der Waals surface area contributed by atoms with Gasteiger partial charge in [0, 0.05) is 39.3 Å². The molecule has 0 spiro atoms. The Morgan fingerprint density at radius 2 is 1.96 bits per heavy atom. The fraction of sp³-hybridized carbons (Fsp3) is 0.444. The predicted molar refractivity (Wildman–Crippen MR) is 95.1 cm³/mol. The van der Waals surface area contributed by atoms with Gasteiger partial charge >= 0.3 is 0 Å². The van der Waals surface area contributed by atoms with E-state index in [0.29, 0.717) is 12.3 Å². The largest absolute Gasteiger partial charge is 0.484 e. The van der Waals surface area contributed by atoms with E-state index >= 15 is 0 Å². The average molecular weight is 347 g/mol. The van der Waals surface area contributed by atoms with Crippen LogP contribution in [-0.4, -0.2) is 74.7 Å². The molecule has 0 atom stereocenters. The minimum atomic E-state index is -0.519. The molecule has 25 heavy (non-hydrogen) atoms. The van der Waals surface area contributed by atoms with Crippen molar-refractivity contribution in [2.24, 2.45) is 5.73 Å². The number of rotatable bonds is 8. The normalized spacial score (nSPS) is 15.2. The Morgan fingerprint density at radius 3 is 2.60 bits per heavy atom. The lowest BCUT2D eigenvalue weighted by molar-refractivity contribution is -0.125. The number of carbonyl (C=O) groups excluding carboxylic acids is 2. The van der Waals surface area contributed by atoms with Gasteiger partial charge in [0.25, 0.3) is 5.91 Å². The molecular weight excluding hydrogens is 322 g/mol. The molecule has 0 radical (unpaired) electrons. The molecule has 136 valence electrons. The molecule has 1 aliphatic rings. The average Bonchev–Trinajstić information content (AvgIpc) is 2.64. The van der Waals surface area contributed by atoms with Crippen LogP contribution in [0.5, 0.6) is 5.75 Å². The van der Waals surface area contributed by atoms with Crippen molar-refractivity contribution >= 4 is 17.9 Å². The Bertz CT molecular complexity index is 595. The molecule has 0 saturated carbocycles. The standard InChI is InChI=1S/C18H25N3O4/c1-20(8-9-21-10-12-24-13-11-21)18(23)7-4-15-2-5-16(6-3-15)25-14-17(19)22/h2-7H,8-14H2,1H3,(H2,19,22). The predicted octanol–water partition coefficient (Wildman–Crippen LogP) is 0.355. The molecule has 0 aliphatic carbocycles. The van der Waals surface area contributed by atoms with Crippen LogP contribution in [0.4, 0.5) is 0 Å². The first kappa shape index (κ1) is 19.0. The fourth-order valence-corrected chi connectivity index (χ4v) is 2.35. The third-order valence-electron chi connectivity index (χ3n) is 3.91. The Labute approximate surface area is 148 Å². The van der Waals surface area contributed by atoms with E-state index in [1.54, 1.807) is 36.2 Å². The lowest BCUT2D eigenvalue weighted by Gasteiger charge is -2.28. The van der Waals surface area contributed by atoms with Crippen molar-refractivity contribution in [3.63, 3.8) is 0 Å². The Morgan fingerprint density at radius 1 is 1.28 bits per heavy atom. The highest BCUT2D eigenvalue weighted by Gasteiger charge is 2.12. The first-order chi connectivity index (χ1) is 12.0. The van der Waals surface area contributed by atoms with Gasteiger partial charge in [-0.05, 0) is 23.8 Å². The van der Waals surface area contributed by atoms with E-state index in [-0.39, 0.29) is 12.5 Å². The van der Waals surface area contributed by atoms with Crippen LogP contribution in [0.2, 0.25) is 0 Å².